The molecule has 2 N–H and O–H groups in total. The van der Waals surface area contributed by atoms with E-state index in [2.05, 4.69) is 42.9 Å². The molecule has 7 nitrogen and oxygen atoms in total. The van der Waals surface area contributed by atoms with Gasteiger partial charge in [0.25, 0.3) is 5.91 Å². The standard InChI is InChI=1S/C19H16N6OS2/c1-12-15(28-18(23-12)13-5-3-2-4-6-13)10-21-16-8-7-14(9-20-16)17(26)24-19-25-22-11-27-19/h2-9,11H,10H2,1H3,(H,20,21)(H,24,25,26). The zero-order valence-electron chi connectivity index (χ0n) is 14.9. The van der Waals surface area contributed by atoms with Gasteiger partial charge in [-0.15, -0.1) is 21.5 Å². The van der Waals surface area contributed by atoms with Crippen molar-refractivity contribution >= 4 is 39.5 Å². The molecular weight excluding hydrogens is 392 g/mol. The van der Waals surface area contributed by atoms with E-state index >= 15 is 0 Å². The number of hydrogen-bond acceptors (Lipinski definition) is 8. The quantitative estimate of drug-likeness (QED) is 0.496. The predicted octanol–water partition coefficient (Wildman–Crippen LogP) is 4.23. The molecule has 0 fully saturated rings. The lowest BCUT2D eigenvalue weighted by molar-refractivity contribution is 0.102. The summed E-state index contributed by atoms with van der Waals surface area (Å²) in [5.41, 5.74) is 4.14. The molecule has 28 heavy (non-hydrogen) atoms. The SMILES string of the molecule is Cc1nc(-c2ccccc2)sc1CNc1ccc(C(=O)Nc2nncs2)cn1. The molecule has 140 valence electrons. The molecule has 4 rings (SSSR count). The second-order valence-electron chi connectivity index (χ2n) is 5.88. The minimum atomic E-state index is -0.262. The molecule has 0 radical (unpaired) electrons. The number of nitrogens with zero attached hydrogens (tertiary/aromatic N) is 4. The van der Waals surface area contributed by atoms with E-state index in [0.29, 0.717) is 23.1 Å². The number of carbonyl (C=O) groups excluding carboxylic acids is 1. The highest BCUT2D eigenvalue weighted by Gasteiger charge is 2.11. The van der Waals surface area contributed by atoms with Crippen molar-refractivity contribution in [3.63, 3.8) is 0 Å². The fourth-order valence-electron chi connectivity index (χ4n) is 2.50. The molecule has 0 saturated carbocycles. The van der Waals surface area contributed by atoms with Gasteiger partial charge in [-0.3, -0.25) is 10.1 Å². The summed E-state index contributed by atoms with van der Waals surface area (Å²) in [6.07, 6.45) is 1.54. The third-order valence-corrected chi connectivity index (χ3v) is 5.76. The number of carbonyl (C=O) groups is 1. The maximum atomic E-state index is 12.1. The molecule has 4 aromatic rings. The number of benzene rings is 1. The van der Waals surface area contributed by atoms with Crippen LogP contribution in [0, 0.1) is 6.92 Å². The normalized spacial score (nSPS) is 10.6. The molecular formula is C19H16N6OS2. The van der Waals surface area contributed by atoms with Crippen molar-refractivity contribution in [2.24, 2.45) is 0 Å². The minimum absolute atomic E-state index is 0.262. The van der Waals surface area contributed by atoms with Crippen LogP contribution in [-0.4, -0.2) is 26.1 Å². The fourth-order valence-corrected chi connectivity index (χ4v) is 3.94. The molecule has 1 amide bonds. The Hall–Kier alpha value is -3.17. The van der Waals surface area contributed by atoms with Gasteiger partial charge in [0, 0.05) is 16.6 Å². The summed E-state index contributed by atoms with van der Waals surface area (Å²) in [5, 5.41) is 14.9. The Bertz CT molecular complexity index is 1060. The van der Waals surface area contributed by atoms with Gasteiger partial charge in [-0.25, -0.2) is 9.97 Å². The molecule has 1 aromatic carbocycles. The van der Waals surface area contributed by atoms with Crippen LogP contribution in [0.15, 0.2) is 54.2 Å². The van der Waals surface area contributed by atoms with Gasteiger partial charge < -0.3 is 5.32 Å². The summed E-state index contributed by atoms with van der Waals surface area (Å²) in [5.74, 6) is 0.433. The average molecular weight is 409 g/mol. The summed E-state index contributed by atoms with van der Waals surface area (Å²) < 4.78 is 0. The number of anilines is 2. The number of aromatic nitrogens is 4. The molecule has 3 aromatic heterocycles. The Morgan fingerprint density at radius 2 is 2.00 bits per heavy atom. The topological polar surface area (TPSA) is 92.7 Å². The van der Waals surface area contributed by atoms with Gasteiger partial charge in [0.05, 0.1) is 17.8 Å². The lowest BCUT2D eigenvalue weighted by atomic mass is 10.2. The molecule has 3 heterocycles. The van der Waals surface area contributed by atoms with Crippen molar-refractivity contribution in [1.29, 1.82) is 0 Å². The van der Waals surface area contributed by atoms with Gasteiger partial charge in [0.15, 0.2) is 0 Å². The summed E-state index contributed by atoms with van der Waals surface area (Å²) in [6.45, 7) is 2.63. The van der Waals surface area contributed by atoms with Crippen molar-refractivity contribution in [3.05, 3.63) is 70.3 Å². The van der Waals surface area contributed by atoms with E-state index in [1.165, 1.54) is 17.5 Å². The van der Waals surface area contributed by atoms with E-state index in [1.807, 2.05) is 25.1 Å². The summed E-state index contributed by atoms with van der Waals surface area (Å²) >= 11 is 2.93. The Morgan fingerprint density at radius 1 is 1.14 bits per heavy atom. The molecule has 0 aliphatic rings. The number of nitrogens with one attached hydrogen (secondary N) is 2. The number of rotatable bonds is 6. The van der Waals surface area contributed by atoms with Crippen LogP contribution in [0.4, 0.5) is 10.9 Å². The maximum absolute atomic E-state index is 12.1. The van der Waals surface area contributed by atoms with Crippen molar-refractivity contribution in [2.75, 3.05) is 10.6 Å². The van der Waals surface area contributed by atoms with E-state index in [9.17, 15) is 4.79 Å². The van der Waals surface area contributed by atoms with Gasteiger partial charge in [0.2, 0.25) is 5.13 Å². The van der Waals surface area contributed by atoms with Crippen LogP contribution in [0.3, 0.4) is 0 Å². The van der Waals surface area contributed by atoms with Crippen LogP contribution in [-0.2, 0) is 6.54 Å². The number of amides is 1. The first kappa shape index (κ1) is 18.2. The molecule has 0 atom stereocenters. The third kappa shape index (κ3) is 4.21. The number of aryl methyl sites for hydroxylation is 1. The second kappa shape index (κ2) is 8.24. The molecule has 0 spiro atoms. The Balaban J connectivity index is 1.39. The zero-order valence-corrected chi connectivity index (χ0v) is 16.5. The molecule has 0 saturated heterocycles. The molecule has 9 heteroatoms. The Labute approximate surface area is 169 Å². The first-order valence-electron chi connectivity index (χ1n) is 8.48. The van der Waals surface area contributed by atoms with Crippen LogP contribution in [0.25, 0.3) is 10.6 Å². The van der Waals surface area contributed by atoms with Crippen LogP contribution >= 0.6 is 22.7 Å². The first-order valence-corrected chi connectivity index (χ1v) is 10.2. The Kier molecular flexibility index (Phi) is 5.36. The van der Waals surface area contributed by atoms with E-state index in [0.717, 1.165) is 21.1 Å². The van der Waals surface area contributed by atoms with E-state index in [1.54, 1.807) is 29.0 Å². The lowest BCUT2D eigenvalue weighted by Crippen LogP contribution is -2.12. The van der Waals surface area contributed by atoms with Gasteiger partial charge >= 0.3 is 0 Å². The summed E-state index contributed by atoms with van der Waals surface area (Å²) in [6, 6.07) is 13.6. The number of thiazole rings is 1. The van der Waals surface area contributed by atoms with Gasteiger partial charge in [-0.2, -0.15) is 0 Å². The summed E-state index contributed by atoms with van der Waals surface area (Å²) in [7, 11) is 0. The molecule has 0 unspecified atom stereocenters. The van der Waals surface area contributed by atoms with E-state index in [-0.39, 0.29) is 5.91 Å². The van der Waals surface area contributed by atoms with Crippen LogP contribution < -0.4 is 10.6 Å². The highest BCUT2D eigenvalue weighted by atomic mass is 32.1. The minimum Gasteiger partial charge on any atom is -0.365 e. The van der Waals surface area contributed by atoms with Crippen LogP contribution in [0.5, 0.6) is 0 Å². The largest absolute Gasteiger partial charge is 0.365 e. The zero-order chi connectivity index (χ0) is 19.3. The highest BCUT2D eigenvalue weighted by molar-refractivity contribution is 7.15. The van der Waals surface area contributed by atoms with Gasteiger partial charge in [-0.05, 0) is 19.1 Å². The average Bonchev–Trinajstić information content (AvgIpc) is 3.37. The number of hydrogen-bond donors (Lipinski definition) is 2. The van der Waals surface area contributed by atoms with Crippen molar-refractivity contribution in [1.82, 2.24) is 20.2 Å². The van der Waals surface area contributed by atoms with Crippen LogP contribution in [0.1, 0.15) is 20.9 Å². The second-order valence-corrected chi connectivity index (χ2v) is 7.79. The number of pyridine rings is 1. The highest BCUT2D eigenvalue weighted by Crippen LogP contribution is 2.28. The molecule has 0 aliphatic heterocycles. The van der Waals surface area contributed by atoms with Crippen molar-refractivity contribution in [3.8, 4) is 10.6 Å². The molecule has 0 aliphatic carbocycles. The monoisotopic (exact) mass is 408 g/mol. The van der Waals surface area contributed by atoms with E-state index in [4.69, 9.17) is 0 Å². The third-order valence-electron chi connectivity index (χ3n) is 3.95. The molecule has 0 bridgehead atoms. The lowest BCUT2D eigenvalue weighted by Gasteiger charge is -2.06. The van der Waals surface area contributed by atoms with Gasteiger partial charge in [0.1, 0.15) is 16.3 Å². The van der Waals surface area contributed by atoms with Crippen molar-refractivity contribution in [2.45, 2.75) is 13.5 Å². The predicted molar refractivity (Wildman–Crippen MR) is 112 cm³/mol. The smallest absolute Gasteiger partial charge is 0.259 e. The Morgan fingerprint density at radius 3 is 2.71 bits per heavy atom. The maximum Gasteiger partial charge on any atom is 0.259 e. The van der Waals surface area contributed by atoms with Crippen LogP contribution in [0.2, 0.25) is 0 Å². The van der Waals surface area contributed by atoms with Crippen molar-refractivity contribution < 1.29 is 4.79 Å². The van der Waals surface area contributed by atoms with Gasteiger partial charge in [-0.1, -0.05) is 41.7 Å². The fraction of sp³-hybridized carbons (Fsp3) is 0.105. The summed E-state index contributed by atoms with van der Waals surface area (Å²) in [4.78, 5) is 22.3. The first-order chi connectivity index (χ1) is 13.7. The van der Waals surface area contributed by atoms with E-state index < -0.39 is 0 Å².